The summed E-state index contributed by atoms with van der Waals surface area (Å²) < 4.78 is 28.6. The first kappa shape index (κ1) is 17.5. The molecule has 23 heavy (non-hydrogen) atoms. The minimum atomic E-state index is -3.27. The van der Waals surface area contributed by atoms with E-state index in [-0.39, 0.29) is 16.2 Å². The van der Waals surface area contributed by atoms with Crippen molar-refractivity contribution in [1.82, 2.24) is 5.32 Å². The summed E-state index contributed by atoms with van der Waals surface area (Å²) in [5.41, 5.74) is 0.939. The van der Waals surface area contributed by atoms with Gasteiger partial charge in [-0.05, 0) is 43.7 Å². The van der Waals surface area contributed by atoms with Gasteiger partial charge in [0.25, 0.3) is 5.91 Å². The molecule has 0 bridgehead atoms. The number of hydrogen-bond acceptors (Lipinski definition) is 5. The number of sulfone groups is 1. The van der Waals surface area contributed by atoms with E-state index in [1.54, 1.807) is 0 Å². The van der Waals surface area contributed by atoms with E-state index >= 15 is 0 Å². The fourth-order valence-corrected chi connectivity index (χ4v) is 3.71. The first-order valence-electron chi connectivity index (χ1n) is 7.09. The Labute approximate surface area is 140 Å². The number of rotatable bonds is 6. The van der Waals surface area contributed by atoms with Crippen LogP contribution in [0.25, 0.3) is 0 Å². The van der Waals surface area contributed by atoms with Gasteiger partial charge in [0, 0.05) is 12.8 Å². The van der Waals surface area contributed by atoms with E-state index < -0.39 is 9.84 Å². The molecule has 5 nitrogen and oxygen atoms in total. The Morgan fingerprint density at radius 1 is 1.17 bits per heavy atom. The van der Waals surface area contributed by atoms with Gasteiger partial charge in [0.1, 0.15) is 9.96 Å². The van der Waals surface area contributed by atoms with Crippen LogP contribution >= 0.6 is 11.3 Å². The molecule has 7 heteroatoms. The van der Waals surface area contributed by atoms with E-state index in [0.717, 1.165) is 28.9 Å². The quantitative estimate of drug-likeness (QED) is 0.867. The van der Waals surface area contributed by atoms with E-state index in [1.165, 1.54) is 12.1 Å². The fourth-order valence-electron chi connectivity index (χ4n) is 1.87. The third-order valence-corrected chi connectivity index (χ3v) is 5.82. The van der Waals surface area contributed by atoms with Crippen LogP contribution < -0.4 is 10.1 Å². The number of carbonyl (C=O) groups is 1. The third kappa shape index (κ3) is 5.07. The molecule has 0 saturated carbocycles. The lowest BCUT2D eigenvalue weighted by molar-refractivity contribution is 0.0955. The number of carbonyl (C=O) groups excluding carboxylic acids is 1. The highest BCUT2D eigenvalue weighted by Gasteiger charge is 2.14. The second-order valence-electron chi connectivity index (χ2n) is 5.38. The normalized spacial score (nSPS) is 11.5. The van der Waals surface area contributed by atoms with E-state index in [4.69, 9.17) is 4.74 Å². The van der Waals surface area contributed by atoms with Crippen LogP contribution in [0.4, 0.5) is 0 Å². The predicted octanol–water partition coefficient (Wildman–Crippen LogP) is 2.87. The lowest BCUT2D eigenvalue weighted by atomic mass is 10.2. The molecule has 2 rings (SSSR count). The van der Waals surface area contributed by atoms with Gasteiger partial charge in [0.15, 0.2) is 9.84 Å². The number of thiophene rings is 1. The minimum absolute atomic E-state index is 0.114. The van der Waals surface area contributed by atoms with Gasteiger partial charge in [-0.1, -0.05) is 12.1 Å². The number of nitrogens with one attached hydrogen (secondary N) is 1. The molecular formula is C16H19NO4S2. The van der Waals surface area contributed by atoms with Crippen LogP contribution in [-0.2, 0) is 16.4 Å². The molecule has 1 aromatic heterocycles. The van der Waals surface area contributed by atoms with Crippen LogP contribution in [0.2, 0.25) is 0 Å². The Kier molecular flexibility index (Phi) is 5.43. The lowest BCUT2D eigenvalue weighted by Gasteiger charge is -2.10. The Morgan fingerprint density at radius 3 is 2.35 bits per heavy atom. The highest BCUT2D eigenvalue weighted by atomic mass is 32.2. The number of hydrogen-bond donors (Lipinski definition) is 1. The van der Waals surface area contributed by atoms with Crippen molar-refractivity contribution in [2.24, 2.45) is 0 Å². The molecule has 1 amide bonds. The van der Waals surface area contributed by atoms with Crippen LogP contribution in [0.15, 0.2) is 40.6 Å². The van der Waals surface area contributed by atoms with E-state index in [2.05, 4.69) is 5.32 Å². The molecule has 1 heterocycles. The summed E-state index contributed by atoms with van der Waals surface area (Å²) in [4.78, 5) is 12.4. The number of benzene rings is 1. The molecule has 0 unspecified atom stereocenters. The summed E-state index contributed by atoms with van der Waals surface area (Å²) in [6.45, 7) is 4.28. The van der Waals surface area contributed by atoms with Crippen LogP contribution in [0.5, 0.6) is 5.75 Å². The zero-order chi connectivity index (χ0) is 17.0. The largest absolute Gasteiger partial charge is 0.491 e. The van der Waals surface area contributed by atoms with Gasteiger partial charge in [-0.3, -0.25) is 4.79 Å². The molecule has 1 N–H and O–H groups in total. The lowest BCUT2D eigenvalue weighted by Crippen LogP contribution is -2.21. The molecule has 0 aliphatic carbocycles. The van der Waals surface area contributed by atoms with Crippen molar-refractivity contribution in [3.05, 3.63) is 46.8 Å². The van der Waals surface area contributed by atoms with E-state index in [1.807, 2.05) is 38.1 Å². The molecular weight excluding hydrogens is 334 g/mol. The van der Waals surface area contributed by atoms with Crippen molar-refractivity contribution in [2.75, 3.05) is 6.26 Å². The number of amides is 1. The minimum Gasteiger partial charge on any atom is -0.491 e. The molecule has 0 aliphatic heterocycles. The first-order valence-corrected chi connectivity index (χ1v) is 9.80. The van der Waals surface area contributed by atoms with Gasteiger partial charge in [-0.25, -0.2) is 8.42 Å². The summed E-state index contributed by atoms with van der Waals surface area (Å²) in [6.07, 6.45) is 1.24. The van der Waals surface area contributed by atoms with Crippen LogP contribution in [-0.4, -0.2) is 26.7 Å². The first-order chi connectivity index (χ1) is 10.8. The molecule has 2 aromatic rings. The highest BCUT2D eigenvalue weighted by molar-refractivity contribution is 7.92. The summed E-state index contributed by atoms with van der Waals surface area (Å²) in [7, 11) is -3.27. The average molecular weight is 353 g/mol. The average Bonchev–Trinajstić information content (AvgIpc) is 2.95. The smallest absolute Gasteiger partial charge is 0.261 e. The maximum atomic E-state index is 12.1. The second kappa shape index (κ2) is 7.14. The molecule has 0 aliphatic rings. The SMILES string of the molecule is CC(C)Oc1ccc(CNC(=O)c2ccc(S(C)(=O)=O)s2)cc1. The number of ether oxygens (including phenoxy) is 1. The Bertz CT molecular complexity index is 777. The molecule has 124 valence electrons. The molecule has 1 aromatic carbocycles. The van der Waals surface area contributed by atoms with Gasteiger partial charge in [0.2, 0.25) is 0 Å². The Morgan fingerprint density at radius 2 is 1.83 bits per heavy atom. The van der Waals surface area contributed by atoms with Crippen molar-refractivity contribution < 1.29 is 17.9 Å². The van der Waals surface area contributed by atoms with Crippen molar-refractivity contribution in [3.8, 4) is 5.75 Å². The van der Waals surface area contributed by atoms with E-state index in [9.17, 15) is 13.2 Å². The van der Waals surface area contributed by atoms with Crippen LogP contribution in [0.1, 0.15) is 29.1 Å². The highest BCUT2D eigenvalue weighted by Crippen LogP contribution is 2.21. The van der Waals surface area contributed by atoms with Crippen LogP contribution in [0, 0.1) is 0 Å². The van der Waals surface area contributed by atoms with Crippen LogP contribution in [0.3, 0.4) is 0 Å². The Hall–Kier alpha value is -1.86. The summed E-state index contributed by atoms with van der Waals surface area (Å²) >= 11 is 0.972. The molecule has 0 fully saturated rings. The topological polar surface area (TPSA) is 72.5 Å². The maximum absolute atomic E-state index is 12.1. The fraction of sp³-hybridized carbons (Fsp3) is 0.312. The summed E-state index contributed by atoms with van der Waals surface area (Å²) in [5, 5.41) is 2.78. The van der Waals surface area contributed by atoms with Crippen molar-refractivity contribution >= 4 is 27.1 Å². The zero-order valence-corrected chi connectivity index (χ0v) is 14.8. The summed E-state index contributed by atoms with van der Waals surface area (Å²) in [6, 6.07) is 10.5. The molecule has 0 spiro atoms. The van der Waals surface area contributed by atoms with Gasteiger partial charge in [0.05, 0.1) is 11.0 Å². The standard InChI is InChI=1S/C16H19NO4S2/c1-11(2)21-13-6-4-12(5-7-13)10-17-16(18)14-8-9-15(22-14)23(3,19)20/h4-9,11H,10H2,1-3H3,(H,17,18). The van der Waals surface area contributed by atoms with Gasteiger partial charge < -0.3 is 10.1 Å². The predicted molar refractivity (Wildman–Crippen MR) is 90.8 cm³/mol. The van der Waals surface area contributed by atoms with Gasteiger partial charge >= 0.3 is 0 Å². The molecule has 0 saturated heterocycles. The summed E-state index contributed by atoms with van der Waals surface area (Å²) in [5.74, 6) is 0.499. The van der Waals surface area contributed by atoms with Gasteiger partial charge in [-0.15, -0.1) is 11.3 Å². The second-order valence-corrected chi connectivity index (χ2v) is 8.71. The van der Waals surface area contributed by atoms with Crippen molar-refractivity contribution in [2.45, 2.75) is 30.7 Å². The van der Waals surface area contributed by atoms with E-state index in [0.29, 0.717) is 11.4 Å². The van der Waals surface area contributed by atoms with Gasteiger partial charge in [-0.2, -0.15) is 0 Å². The zero-order valence-electron chi connectivity index (χ0n) is 13.2. The maximum Gasteiger partial charge on any atom is 0.261 e. The Balaban J connectivity index is 1.95. The van der Waals surface area contributed by atoms with Crippen molar-refractivity contribution in [1.29, 1.82) is 0 Å². The monoisotopic (exact) mass is 353 g/mol. The van der Waals surface area contributed by atoms with Crippen molar-refractivity contribution in [3.63, 3.8) is 0 Å². The third-order valence-electron chi connectivity index (χ3n) is 2.92. The molecule has 0 radical (unpaired) electrons. The molecule has 0 atom stereocenters.